The molecule has 0 amide bonds. The van der Waals surface area contributed by atoms with Crippen LogP contribution in [-0.2, 0) is 4.79 Å². The summed E-state index contributed by atoms with van der Waals surface area (Å²) in [5.41, 5.74) is 1.42. The summed E-state index contributed by atoms with van der Waals surface area (Å²) in [5, 5.41) is 12.2. The SMILES string of the molecule is COc1ccc2nccc(C(F)CC[C@@H]3CCN(CCCSc4cccs4)C[C@@H]3CCC(=O)O)c2c1. The molecule has 1 saturated heterocycles. The Morgan fingerprint density at radius 3 is 2.97 bits per heavy atom. The third-order valence-electron chi connectivity index (χ3n) is 7.17. The van der Waals surface area contributed by atoms with E-state index in [9.17, 15) is 9.90 Å². The number of alkyl halides is 1. The highest BCUT2D eigenvalue weighted by atomic mass is 32.2. The fourth-order valence-electron chi connectivity index (χ4n) is 5.24. The molecule has 1 fully saturated rings. The number of halogens is 1. The number of thioether (sulfide) groups is 1. The lowest BCUT2D eigenvalue weighted by Crippen LogP contribution is -2.41. The monoisotopic (exact) mass is 530 g/mol. The van der Waals surface area contributed by atoms with Crippen LogP contribution in [0.15, 0.2) is 52.2 Å². The van der Waals surface area contributed by atoms with E-state index < -0.39 is 12.1 Å². The number of hydrogen-bond acceptors (Lipinski definition) is 6. The molecular formula is C28H35FN2O3S2. The van der Waals surface area contributed by atoms with Crippen LogP contribution >= 0.6 is 23.1 Å². The molecule has 4 rings (SSSR count). The number of ether oxygens (including phenoxy) is 1. The Balaban J connectivity index is 1.33. The van der Waals surface area contributed by atoms with Crippen LogP contribution in [0, 0.1) is 11.8 Å². The van der Waals surface area contributed by atoms with Gasteiger partial charge >= 0.3 is 5.97 Å². The lowest BCUT2D eigenvalue weighted by atomic mass is 9.79. The van der Waals surface area contributed by atoms with Gasteiger partial charge in [-0.05, 0) is 98.3 Å². The fraction of sp³-hybridized carbons (Fsp3) is 0.500. The molecule has 3 aromatic rings. The molecule has 0 aliphatic carbocycles. The van der Waals surface area contributed by atoms with Crippen molar-refractivity contribution in [2.75, 3.05) is 32.5 Å². The maximum Gasteiger partial charge on any atom is 0.303 e. The number of carboxylic acid groups (broad SMARTS) is 1. The van der Waals surface area contributed by atoms with Crippen LogP contribution in [0.25, 0.3) is 10.9 Å². The Morgan fingerprint density at radius 2 is 2.19 bits per heavy atom. The number of benzene rings is 1. The Hall–Kier alpha value is -2.16. The van der Waals surface area contributed by atoms with Crippen molar-refractivity contribution in [2.45, 2.75) is 48.9 Å². The number of hydrogen-bond donors (Lipinski definition) is 1. The highest BCUT2D eigenvalue weighted by molar-refractivity contribution is 8.01. The average Bonchev–Trinajstić information content (AvgIpc) is 3.42. The van der Waals surface area contributed by atoms with Gasteiger partial charge in [0.05, 0.1) is 16.8 Å². The molecule has 1 N–H and O–H groups in total. The van der Waals surface area contributed by atoms with Gasteiger partial charge in [-0.3, -0.25) is 9.78 Å². The van der Waals surface area contributed by atoms with Crippen molar-refractivity contribution in [1.29, 1.82) is 0 Å². The van der Waals surface area contributed by atoms with E-state index in [-0.39, 0.29) is 6.42 Å². The highest BCUT2D eigenvalue weighted by Gasteiger charge is 2.30. The minimum absolute atomic E-state index is 0.178. The van der Waals surface area contributed by atoms with Gasteiger partial charge in [0.2, 0.25) is 0 Å². The van der Waals surface area contributed by atoms with E-state index in [0.717, 1.165) is 55.6 Å². The molecule has 1 aromatic carbocycles. The number of nitrogens with zero attached hydrogens (tertiary/aromatic N) is 2. The van der Waals surface area contributed by atoms with Gasteiger partial charge in [-0.25, -0.2) is 4.39 Å². The predicted octanol–water partition coefficient (Wildman–Crippen LogP) is 7.08. The molecule has 1 unspecified atom stereocenters. The minimum Gasteiger partial charge on any atom is -0.497 e. The third kappa shape index (κ3) is 7.43. The van der Waals surface area contributed by atoms with E-state index in [1.165, 1.54) is 4.21 Å². The number of pyridine rings is 1. The van der Waals surface area contributed by atoms with Crippen LogP contribution in [0.3, 0.4) is 0 Å². The first-order valence-electron chi connectivity index (χ1n) is 12.7. The first-order chi connectivity index (χ1) is 17.5. The number of rotatable bonds is 13. The molecule has 3 heterocycles. The predicted molar refractivity (Wildman–Crippen MR) is 146 cm³/mol. The van der Waals surface area contributed by atoms with Crippen LogP contribution in [0.2, 0.25) is 0 Å². The summed E-state index contributed by atoms with van der Waals surface area (Å²) in [4.78, 5) is 18.1. The number of aromatic nitrogens is 1. The molecular weight excluding hydrogens is 495 g/mol. The molecule has 36 heavy (non-hydrogen) atoms. The first kappa shape index (κ1) is 26.9. The molecule has 0 spiro atoms. The van der Waals surface area contributed by atoms with Gasteiger partial charge in [-0.15, -0.1) is 23.1 Å². The lowest BCUT2D eigenvalue weighted by Gasteiger charge is -2.39. The summed E-state index contributed by atoms with van der Waals surface area (Å²) in [6.07, 6.45) is 4.73. The van der Waals surface area contributed by atoms with E-state index in [0.29, 0.717) is 36.0 Å². The Kier molecular flexibility index (Phi) is 10.0. The zero-order chi connectivity index (χ0) is 25.3. The van der Waals surface area contributed by atoms with Crippen LogP contribution in [0.4, 0.5) is 4.39 Å². The van der Waals surface area contributed by atoms with Gasteiger partial charge in [0, 0.05) is 30.3 Å². The van der Waals surface area contributed by atoms with Crippen molar-refractivity contribution in [3.05, 3.63) is 53.5 Å². The summed E-state index contributed by atoms with van der Waals surface area (Å²) < 4.78 is 22.2. The van der Waals surface area contributed by atoms with Crippen molar-refractivity contribution in [3.8, 4) is 5.75 Å². The van der Waals surface area contributed by atoms with E-state index in [1.807, 2.05) is 30.0 Å². The van der Waals surface area contributed by atoms with Gasteiger partial charge in [0.1, 0.15) is 11.9 Å². The number of fused-ring (bicyclic) bond motifs is 1. The summed E-state index contributed by atoms with van der Waals surface area (Å²) in [5.74, 6) is 1.68. The number of carboxylic acids is 1. The topological polar surface area (TPSA) is 62.7 Å². The number of likely N-dealkylation sites (tertiary alicyclic amines) is 1. The first-order valence-corrected chi connectivity index (χ1v) is 14.6. The second-order valence-corrected chi connectivity index (χ2v) is 11.8. The van der Waals surface area contributed by atoms with Crippen molar-refractivity contribution in [1.82, 2.24) is 9.88 Å². The zero-order valence-corrected chi connectivity index (χ0v) is 22.4. The van der Waals surface area contributed by atoms with Crippen LogP contribution in [-0.4, -0.2) is 53.5 Å². The number of methoxy groups -OCH3 is 1. The maximum absolute atomic E-state index is 15.5. The number of carbonyl (C=O) groups is 1. The number of aliphatic carboxylic acids is 1. The molecule has 2 aromatic heterocycles. The zero-order valence-electron chi connectivity index (χ0n) is 20.8. The van der Waals surface area contributed by atoms with Crippen molar-refractivity contribution >= 4 is 40.0 Å². The quantitative estimate of drug-likeness (QED) is 0.188. The second-order valence-electron chi connectivity index (χ2n) is 9.50. The third-order valence-corrected chi connectivity index (χ3v) is 9.39. The van der Waals surface area contributed by atoms with Gasteiger partial charge in [0.25, 0.3) is 0 Å². The van der Waals surface area contributed by atoms with Crippen LogP contribution in [0.5, 0.6) is 5.75 Å². The van der Waals surface area contributed by atoms with E-state index in [1.54, 1.807) is 30.7 Å². The lowest BCUT2D eigenvalue weighted by molar-refractivity contribution is -0.137. The summed E-state index contributed by atoms with van der Waals surface area (Å²) >= 11 is 3.68. The normalized spacial score (nSPS) is 19.4. The summed E-state index contributed by atoms with van der Waals surface area (Å²) in [6, 6.07) is 11.6. The summed E-state index contributed by atoms with van der Waals surface area (Å²) in [7, 11) is 1.61. The van der Waals surface area contributed by atoms with Gasteiger partial charge in [-0.1, -0.05) is 6.07 Å². The van der Waals surface area contributed by atoms with E-state index in [4.69, 9.17) is 4.74 Å². The van der Waals surface area contributed by atoms with E-state index >= 15 is 4.39 Å². The maximum atomic E-state index is 15.5. The Labute approximate surface area is 221 Å². The Morgan fingerprint density at radius 1 is 1.31 bits per heavy atom. The molecule has 0 saturated carbocycles. The van der Waals surface area contributed by atoms with Gasteiger partial charge < -0.3 is 14.7 Å². The number of thiophene rings is 1. The van der Waals surface area contributed by atoms with Crippen LogP contribution in [0.1, 0.15) is 50.3 Å². The van der Waals surface area contributed by atoms with Gasteiger partial charge in [0.15, 0.2) is 0 Å². The standard InChI is InChI=1S/C28H35FN2O3S2/c1-34-22-7-9-26-24(18-22)23(11-13-30-26)25(29)8-5-20-12-15-31(19-21(20)6-10-27(32)33)14-3-17-36-28-4-2-16-35-28/h2,4,7,9,11,13,16,18,20-21,25H,3,5-6,8,10,12,14-15,17,19H2,1H3,(H,32,33)/t20-,21+,25?/m1/s1. The largest absolute Gasteiger partial charge is 0.497 e. The smallest absolute Gasteiger partial charge is 0.303 e. The highest BCUT2D eigenvalue weighted by Crippen LogP contribution is 2.36. The van der Waals surface area contributed by atoms with Crippen molar-refractivity contribution in [2.24, 2.45) is 11.8 Å². The molecule has 1 aliphatic rings. The molecule has 5 nitrogen and oxygen atoms in total. The second kappa shape index (κ2) is 13.4. The molecule has 8 heteroatoms. The summed E-state index contributed by atoms with van der Waals surface area (Å²) in [6.45, 7) is 2.95. The molecule has 3 atom stereocenters. The molecule has 1 aliphatic heterocycles. The van der Waals surface area contributed by atoms with Crippen LogP contribution < -0.4 is 4.74 Å². The minimum atomic E-state index is -1.09. The molecule has 194 valence electrons. The van der Waals surface area contributed by atoms with Gasteiger partial charge in [-0.2, -0.15) is 0 Å². The fourth-order valence-corrected chi connectivity index (χ4v) is 7.03. The average molecular weight is 531 g/mol. The van der Waals surface area contributed by atoms with E-state index in [2.05, 4.69) is 27.4 Å². The molecule has 0 radical (unpaired) electrons. The molecule has 0 bridgehead atoms. The van der Waals surface area contributed by atoms with Crippen molar-refractivity contribution < 1.29 is 19.0 Å². The van der Waals surface area contributed by atoms with Crippen molar-refractivity contribution in [3.63, 3.8) is 0 Å². The Bertz CT molecular complexity index is 1110. The number of piperidine rings is 1.